The topological polar surface area (TPSA) is 37.3 Å². The highest BCUT2D eigenvalue weighted by molar-refractivity contribution is 5.79. The molecule has 114 valence electrons. The van der Waals surface area contributed by atoms with Gasteiger partial charge < -0.3 is 5.11 Å². The lowest BCUT2D eigenvalue weighted by Gasteiger charge is -2.20. The molecule has 1 aliphatic rings. The van der Waals surface area contributed by atoms with E-state index in [-0.39, 0.29) is 12.4 Å². The Morgan fingerprint density at radius 3 is 2.90 bits per heavy atom. The largest absolute Gasteiger partial charge is 0.389 e. The quantitative estimate of drug-likeness (QED) is 0.600. The van der Waals surface area contributed by atoms with E-state index in [0.717, 1.165) is 18.8 Å². The van der Waals surface area contributed by atoms with Crippen LogP contribution in [0.1, 0.15) is 64.7 Å². The predicted octanol–water partition coefficient (Wildman–Crippen LogP) is 4.44. The highest BCUT2D eigenvalue weighted by Crippen LogP contribution is 2.27. The van der Waals surface area contributed by atoms with E-state index in [2.05, 4.69) is 31.2 Å². The Morgan fingerprint density at radius 1 is 1.40 bits per heavy atom. The molecule has 0 spiro atoms. The number of ketones is 1. The maximum absolute atomic E-state index is 11.3. The van der Waals surface area contributed by atoms with Crippen LogP contribution < -0.4 is 0 Å². The fourth-order valence-electron chi connectivity index (χ4n) is 2.95. The molecule has 0 radical (unpaired) electrons. The lowest BCUT2D eigenvalue weighted by atomic mass is 9.85. The molecule has 1 aliphatic carbocycles. The molecule has 0 saturated heterocycles. The van der Waals surface area contributed by atoms with Gasteiger partial charge in [0.2, 0.25) is 0 Å². The van der Waals surface area contributed by atoms with Crippen molar-refractivity contribution in [3.05, 3.63) is 24.3 Å². The van der Waals surface area contributed by atoms with E-state index in [9.17, 15) is 4.79 Å². The lowest BCUT2D eigenvalue weighted by Crippen LogP contribution is -2.10. The minimum absolute atomic E-state index is 0.0152. The van der Waals surface area contributed by atoms with Crippen molar-refractivity contribution in [3.63, 3.8) is 0 Å². The van der Waals surface area contributed by atoms with E-state index in [1.54, 1.807) is 0 Å². The fraction of sp³-hybridized carbons (Fsp3) is 0.722. The molecule has 1 rings (SSSR count). The molecule has 0 heterocycles. The number of Topliss-reactive ketones (excluding diaryl/α,β-unsaturated/α-hetero) is 1. The highest BCUT2D eigenvalue weighted by atomic mass is 16.3. The molecule has 0 aromatic rings. The number of aliphatic hydroxyl groups excluding tert-OH is 1. The summed E-state index contributed by atoms with van der Waals surface area (Å²) in [7, 11) is 0. The second-order valence-corrected chi connectivity index (χ2v) is 5.94. The number of carbonyl (C=O) groups excluding carboxylic acids is 1. The third-order valence-electron chi connectivity index (χ3n) is 4.28. The van der Waals surface area contributed by atoms with Crippen molar-refractivity contribution in [1.29, 1.82) is 0 Å². The van der Waals surface area contributed by atoms with Crippen LogP contribution in [0.15, 0.2) is 24.3 Å². The van der Waals surface area contributed by atoms with Crippen LogP contribution in [0.2, 0.25) is 0 Å². The van der Waals surface area contributed by atoms with Crippen molar-refractivity contribution in [2.75, 3.05) is 6.61 Å². The first-order chi connectivity index (χ1) is 9.76. The van der Waals surface area contributed by atoms with Gasteiger partial charge >= 0.3 is 0 Å². The monoisotopic (exact) mass is 278 g/mol. The van der Waals surface area contributed by atoms with E-state index in [4.69, 9.17) is 5.11 Å². The molecule has 20 heavy (non-hydrogen) atoms. The van der Waals surface area contributed by atoms with E-state index in [0.29, 0.717) is 12.3 Å². The molecule has 0 fully saturated rings. The van der Waals surface area contributed by atoms with Gasteiger partial charge in [0.15, 0.2) is 5.78 Å². The Bertz CT molecular complexity index is 317. The second kappa shape index (κ2) is 10.8. The third-order valence-corrected chi connectivity index (χ3v) is 4.28. The molecular formula is C18H30O2. The standard InChI is InChI=1S/C18H30O2/c1-2-3-5-8-17(13-14-18(20)15-19)12-11-16-9-6-4-7-10-16/h2-3,6,9,16-17,19H,4-5,7-8,10-15H2,1H3/b3-2-. The molecule has 0 saturated carbocycles. The summed E-state index contributed by atoms with van der Waals surface area (Å²) in [5.74, 6) is 1.36. The molecular weight excluding hydrogens is 248 g/mol. The zero-order chi connectivity index (χ0) is 14.6. The van der Waals surface area contributed by atoms with Gasteiger partial charge in [0, 0.05) is 6.42 Å². The average Bonchev–Trinajstić information content (AvgIpc) is 2.50. The van der Waals surface area contributed by atoms with Gasteiger partial charge in [0.1, 0.15) is 6.61 Å². The molecule has 0 aromatic heterocycles. The fourth-order valence-corrected chi connectivity index (χ4v) is 2.95. The minimum Gasteiger partial charge on any atom is -0.389 e. The normalized spacial score (nSPS) is 20.4. The average molecular weight is 278 g/mol. The van der Waals surface area contributed by atoms with Gasteiger partial charge in [-0.2, -0.15) is 0 Å². The summed E-state index contributed by atoms with van der Waals surface area (Å²) in [4.78, 5) is 11.3. The van der Waals surface area contributed by atoms with Gasteiger partial charge in [-0.05, 0) is 70.1 Å². The Hall–Kier alpha value is -0.890. The SMILES string of the molecule is C/C=C\CCC(CCC(=O)CO)CCC1C=CCCC1. The molecule has 2 heteroatoms. The van der Waals surface area contributed by atoms with E-state index >= 15 is 0 Å². The van der Waals surface area contributed by atoms with Crippen LogP contribution in [0.5, 0.6) is 0 Å². The lowest BCUT2D eigenvalue weighted by molar-refractivity contribution is -0.122. The number of hydrogen-bond acceptors (Lipinski definition) is 2. The summed E-state index contributed by atoms with van der Waals surface area (Å²) in [6.07, 6.45) is 19.1. The molecule has 2 atom stereocenters. The zero-order valence-corrected chi connectivity index (χ0v) is 12.9. The van der Waals surface area contributed by atoms with Crippen molar-refractivity contribution < 1.29 is 9.90 Å². The van der Waals surface area contributed by atoms with Gasteiger partial charge in [-0.1, -0.05) is 24.3 Å². The maximum atomic E-state index is 11.3. The highest BCUT2D eigenvalue weighted by Gasteiger charge is 2.14. The summed E-state index contributed by atoms with van der Waals surface area (Å²) in [5, 5.41) is 8.83. The first kappa shape index (κ1) is 17.2. The van der Waals surface area contributed by atoms with Crippen molar-refractivity contribution in [2.24, 2.45) is 11.8 Å². The summed E-state index contributed by atoms with van der Waals surface area (Å²) >= 11 is 0. The van der Waals surface area contributed by atoms with Crippen LogP contribution in [0.4, 0.5) is 0 Å². The number of rotatable bonds is 10. The van der Waals surface area contributed by atoms with Gasteiger partial charge in [-0.25, -0.2) is 0 Å². The van der Waals surface area contributed by atoms with Crippen LogP contribution in [0.25, 0.3) is 0 Å². The van der Waals surface area contributed by atoms with Crippen LogP contribution in [0.3, 0.4) is 0 Å². The molecule has 0 aliphatic heterocycles. The predicted molar refractivity (Wildman–Crippen MR) is 84.6 cm³/mol. The third kappa shape index (κ3) is 7.64. The molecule has 0 amide bonds. The van der Waals surface area contributed by atoms with Crippen LogP contribution >= 0.6 is 0 Å². The second-order valence-electron chi connectivity index (χ2n) is 5.94. The summed E-state index contributed by atoms with van der Waals surface area (Å²) in [5.41, 5.74) is 0. The Labute approximate surface area is 124 Å². The number of carbonyl (C=O) groups is 1. The number of allylic oxidation sites excluding steroid dienone is 4. The molecule has 1 N–H and O–H groups in total. The molecule has 0 aromatic carbocycles. The van der Waals surface area contributed by atoms with Crippen molar-refractivity contribution in [2.45, 2.75) is 64.7 Å². The Kier molecular flexibility index (Phi) is 9.31. The van der Waals surface area contributed by atoms with Crippen LogP contribution in [0, 0.1) is 11.8 Å². The van der Waals surface area contributed by atoms with Gasteiger partial charge in [-0.3, -0.25) is 4.79 Å². The summed E-state index contributed by atoms with van der Waals surface area (Å²) in [6.45, 7) is 1.75. The van der Waals surface area contributed by atoms with Crippen molar-refractivity contribution in [3.8, 4) is 0 Å². The summed E-state index contributed by atoms with van der Waals surface area (Å²) < 4.78 is 0. The van der Waals surface area contributed by atoms with Gasteiger partial charge in [-0.15, -0.1) is 0 Å². The molecule has 2 nitrogen and oxygen atoms in total. The number of aliphatic hydroxyl groups is 1. The van der Waals surface area contributed by atoms with E-state index in [1.807, 2.05) is 0 Å². The summed E-state index contributed by atoms with van der Waals surface area (Å²) in [6, 6.07) is 0. The van der Waals surface area contributed by atoms with Crippen LogP contribution in [-0.2, 0) is 4.79 Å². The minimum atomic E-state index is -0.299. The van der Waals surface area contributed by atoms with Crippen LogP contribution in [-0.4, -0.2) is 17.5 Å². The molecule has 0 bridgehead atoms. The van der Waals surface area contributed by atoms with E-state index in [1.165, 1.54) is 38.5 Å². The molecule has 2 unspecified atom stereocenters. The van der Waals surface area contributed by atoms with Gasteiger partial charge in [0.05, 0.1) is 0 Å². The Balaban J connectivity index is 2.33. The maximum Gasteiger partial charge on any atom is 0.158 e. The zero-order valence-electron chi connectivity index (χ0n) is 12.9. The first-order valence-electron chi connectivity index (χ1n) is 8.16. The van der Waals surface area contributed by atoms with Gasteiger partial charge in [0.25, 0.3) is 0 Å². The first-order valence-corrected chi connectivity index (χ1v) is 8.16. The Morgan fingerprint density at radius 2 is 2.25 bits per heavy atom. The number of hydrogen-bond donors (Lipinski definition) is 1. The smallest absolute Gasteiger partial charge is 0.158 e. The van der Waals surface area contributed by atoms with Crippen molar-refractivity contribution in [1.82, 2.24) is 0 Å². The van der Waals surface area contributed by atoms with E-state index < -0.39 is 0 Å². The van der Waals surface area contributed by atoms with Crippen molar-refractivity contribution >= 4 is 5.78 Å².